The fraction of sp³-hybridized carbons (Fsp3) is 0.765. The minimum Gasteiger partial charge on any atom is -0.469 e. The number of piperidine rings is 1. The van der Waals surface area contributed by atoms with Gasteiger partial charge in [-0.2, -0.15) is 0 Å². The van der Waals surface area contributed by atoms with Crippen molar-refractivity contribution < 1.29 is 23.9 Å². The number of hydrogen-bond acceptors (Lipinski definition) is 5. The highest BCUT2D eigenvalue weighted by molar-refractivity contribution is 5.82. The van der Waals surface area contributed by atoms with Gasteiger partial charge < -0.3 is 19.4 Å². The number of amides is 3. The molecule has 0 unspecified atom stereocenters. The third-order valence-corrected chi connectivity index (χ3v) is 5.00. The molecule has 0 aromatic rings. The Labute approximate surface area is 148 Å². The van der Waals surface area contributed by atoms with Gasteiger partial charge >= 0.3 is 5.97 Å². The highest BCUT2D eigenvalue weighted by Crippen LogP contribution is 2.20. The maximum atomic E-state index is 12.6. The van der Waals surface area contributed by atoms with E-state index in [4.69, 9.17) is 0 Å². The van der Waals surface area contributed by atoms with Gasteiger partial charge in [-0.05, 0) is 12.8 Å². The predicted molar refractivity (Wildman–Crippen MR) is 89.4 cm³/mol. The molecule has 2 rings (SSSR count). The summed E-state index contributed by atoms with van der Waals surface area (Å²) in [6.45, 7) is 4.87. The molecule has 3 amide bonds. The van der Waals surface area contributed by atoms with Gasteiger partial charge in [0.15, 0.2) is 0 Å². The molecule has 2 aliphatic heterocycles. The maximum Gasteiger partial charge on any atom is 0.306 e. The maximum absolute atomic E-state index is 12.6. The third kappa shape index (κ3) is 5.17. The van der Waals surface area contributed by atoms with Crippen LogP contribution in [0.4, 0.5) is 0 Å². The van der Waals surface area contributed by atoms with Crippen molar-refractivity contribution in [2.24, 2.45) is 5.92 Å². The zero-order chi connectivity index (χ0) is 18.4. The van der Waals surface area contributed by atoms with E-state index in [1.165, 1.54) is 7.11 Å². The van der Waals surface area contributed by atoms with Gasteiger partial charge in [0.05, 0.1) is 13.5 Å². The monoisotopic (exact) mass is 353 g/mol. The Kier molecular flexibility index (Phi) is 6.78. The molecular formula is C17H27N3O5. The van der Waals surface area contributed by atoms with Crippen LogP contribution in [-0.2, 0) is 23.9 Å². The number of carbonyl (C=O) groups is 4. The highest BCUT2D eigenvalue weighted by atomic mass is 16.5. The molecule has 0 radical (unpaired) electrons. The molecule has 8 heteroatoms. The molecule has 0 spiro atoms. The lowest BCUT2D eigenvalue weighted by atomic mass is 9.95. The lowest BCUT2D eigenvalue weighted by Crippen LogP contribution is -2.53. The second kappa shape index (κ2) is 8.82. The van der Waals surface area contributed by atoms with E-state index in [0.29, 0.717) is 52.1 Å². The minimum atomic E-state index is -0.390. The minimum absolute atomic E-state index is 0.0304. The van der Waals surface area contributed by atoms with Crippen LogP contribution in [0.25, 0.3) is 0 Å². The van der Waals surface area contributed by atoms with Gasteiger partial charge in [0.25, 0.3) is 0 Å². The molecule has 0 aliphatic carbocycles. The molecule has 140 valence electrons. The Morgan fingerprint density at radius 2 is 1.40 bits per heavy atom. The van der Waals surface area contributed by atoms with Gasteiger partial charge in [0.1, 0.15) is 0 Å². The molecule has 0 bridgehead atoms. The quantitative estimate of drug-likeness (QED) is 0.657. The molecule has 8 nitrogen and oxygen atoms in total. The fourth-order valence-corrected chi connectivity index (χ4v) is 3.34. The van der Waals surface area contributed by atoms with Crippen molar-refractivity contribution >= 4 is 23.7 Å². The summed E-state index contributed by atoms with van der Waals surface area (Å²) < 4.78 is 4.54. The fourth-order valence-electron chi connectivity index (χ4n) is 3.34. The van der Waals surface area contributed by atoms with Crippen LogP contribution in [0.2, 0.25) is 0 Å². The number of hydrogen-bond donors (Lipinski definition) is 0. The lowest BCUT2D eigenvalue weighted by molar-refractivity contribution is -0.146. The van der Waals surface area contributed by atoms with E-state index >= 15 is 0 Å². The number of piperazine rings is 1. The summed E-state index contributed by atoms with van der Waals surface area (Å²) in [4.78, 5) is 52.5. The molecule has 25 heavy (non-hydrogen) atoms. The SMILES string of the molecule is COC(=O)CCC(=O)N1CCN(C(=O)C2CCN(C(C)=O)CC2)CC1. The summed E-state index contributed by atoms with van der Waals surface area (Å²) in [6.07, 6.45) is 1.64. The van der Waals surface area contributed by atoms with Crippen molar-refractivity contribution in [2.45, 2.75) is 32.6 Å². The van der Waals surface area contributed by atoms with E-state index in [-0.39, 0.29) is 42.5 Å². The average molecular weight is 353 g/mol. The Morgan fingerprint density at radius 3 is 1.92 bits per heavy atom. The Balaban J connectivity index is 1.74. The molecule has 2 saturated heterocycles. The summed E-state index contributed by atoms with van der Waals surface area (Å²) in [5.41, 5.74) is 0. The van der Waals surface area contributed by atoms with Crippen molar-refractivity contribution in [3.05, 3.63) is 0 Å². The number of ether oxygens (including phenoxy) is 1. The van der Waals surface area contributed by atoms with Crippen LogP contribution in [0.15, 0.2) is 0 Å². The summed E-state index contributed by atoms with van der Waals surface area (Å²) in [6, 6.07) is 0. The van der Waals surface area contributed by atoms with Crippen molar-refractivity contribution in [2.75, 3.05) is 46.4 Å². The Bertz CT molecular complexity index is 520. The molecular weight excluding hydrogens is 326 g/mol. The summed E-state index contributed by atoms with van der Waals surface area (Å²) in [7, 11) is 1.30. The van der Waals surface area contributed by atoms with Crippen LogP contribution >= 0.6 is 0 Å². The van der Waals surface area contributed by atoms with E-state index in [9.17, 15) is 19.2 Å². The lowest BCUT2D eigenvalue weighted by Gasteiger charge is -2.38. The predicted octanol–water partition coefficient (Wildman–Crippen LogP) is -0.131. The molecule has 0 N–H and O–H groups in total. The molecule has 2 aliphatic rings. The van der Waals surface area contributed by atoms with Crippen molar-refractivity contribution in [1.82, 2.24) is 14.7 Å². The van der Waals surface area contributed by atoms with E-state index in [1.807, 2.05) is 4.90 Å². The topological polar surface area (TPSA) is 87.2 Å². The number of methoxy groups -OCH3 is 1. The van der Waals surface area contributed by atoms with E-state index < -0.39 is 0 Å². The Hall–Kier alpha value is -2.12. The number of esters is 1. The van der Waals surface area contributed by atoms with Crippen LogP contribution in [0.1, 0.15) is 32.6 Å². The van der Waals surface area contributed by atoms with Crippen molar-refractivity contribution in [3.63, 3.8) is 0 Å². The zero-order valence-electron chi connectivity index (χ0n) is 15.0. The number of carbonyl (C=O) groups excluding carboxylic acids is 4. The third-order valence-electron chi connectivity index (χ3n) is 5.00. The van der Waals surface area contributed by atoms with Gasteiger partial charge in [-0.25, -0.2) is 0 Å². The molecule has 2 fully saturated rings. The van der Waals surface area contributed by atoms with Gasteiger partial charge in [0.2, 0.25) is 17.7 Å². The zero-order valence-corrected chi connectivity index (χ0v) is 15.0. The molecule has 0 aromatic carbocycles. The second-order valence-corrected chi connectivity index (χ2v) is 6.56. The first-order chi connectivity index (χ1) is 11.9. The van der Waals surface area contributed by atoms with Crippen LogP contribution in [0, 0.1) is 5.92 Å². The van der Waals surface area contributed by atoms with Gasteiger partial charge in [-0.15, -0.1) is 0 Å². The largest absolute Gasteiger partial charge is 0.469 e. The molecule has 2 heterocycles. The summed E-state index contributed by atoms with van der Waals surface area (Å²) in [5.74, 6) is -0.307. The smallest absolute Gasteiger partial charge is 0.306 e. The standard InChI is InChI=1S/C17H27N3O5/c1-13(21)18-7-5-14(6-8-18)17(24)20-11-9-19(10-12-20)15(22)3-4-16(23)25-2/h14H,3-12H2,1-2H3. The average Bonchev–Trinajstić information content (AvgIpc) is 2.65. The van der Waals surface area contributed by atoms with Gasteiger partial charge in [-0.1, -0.05) is 0 Å². The van der Waals surface area contributed by atoms with Crippen LogP contribution in [0.3, 0.4) is 0 Å². The number of rotatable bonds is 4. The van der Waals surface area contributed by atoms with E-state index in [1.54, 1.807) is 16.7 Å². The number of nitrogens with zero attached hydrogens (tertiary/aromatic N) is 3. The van der Waals surface area contributed by atoms with E-state index in [2.05, 4.69) is 4.74 Å². The molecule has 0 saturated carbocycles. The van der Waals surface area contributed by atoms with Crippen molar-refractivity contribution in [3.8, 4) is 0 Å². The van der Waals surface area contributed by atoms with E-state index in [0.717, 1.165) is 0 Å². The van der Waals surface area contributed by atoms with Crippen molar-refractivity contribution in [1.29, 1.82) is 0 Å². The van der Waals surface area contributed by atoms with Crippen LogP contribution in [-0.4, -0.2) is 84.8 Å². The normalized spacial score (nSPS) is 18.9. The second-order valence-electron chi connectivity index (χ2n) is 6.56. The first-order valence-corrected chi connectivity index (χ1v) is 8.81. The Morgan fingerprint density at radius 1 is 0.840 bits per heavy atom. The number of likely N-dealkylation sites (tertiary alicyclic amines) is 1. The van der Waals surface area contributed by atoms with Crippen LogP contribution < -0.4 is 0 Å². The van der Waals surface area contributed by atoms with Gasteiger partial charge in [-0.3, -0.25) is 19.2 Å². The molecule has 0 aromatic heterocycles. The molecule has 0 atom stereocenters. The first kappa shape index (κ1) is 19.2. The first-order valence-electron chi connectivity index (χ1n) is 8.81. The van der Waals surface area contributed by atoms with Gasteiger partial charge in [0, 0.05) is 58.5 Å². The van der Waals surface area contributed by atoms with Crippen LogP contribution in [0.5, 0.6) is 0 Å². The summed E-state index contributed by atoms with van der Waals surface area (Å²) >= 11 is 0. The summed E-state index contributed by atoms with van der Waals surface area (Å²) in [5, 5.41) is 0. The highest BCUT2D eigenvalue weighted by Gasteiger charge is 2.31.